The van der Waals surface area contributed by atoms with Crippen molar-refractivity contribution in [3.63, 3.8) is 0 Å². The molecule has 1 saturated heterocycles. The number of carbonyl (C=O) groups excluding carboxylic acids is 1. The van der Waals surface area contributed by atoms with Crippen molar-refractivity contribution in [1.29, 1.82) is 0 Å². The van der Waals surface area contributed by atoms with Gasteiger partial charge in [-0.2, -0.15) is 0 Å². The smallest absolute Gasteiger partial charge is 0.317 e. The molecule has 0 saturated carbocycles. The summed E-state index contributed by atoms with van der Waals surface area (Å²) in [5, 5.41) is 3.74. The molecule has 0 radical (unpaired) electrons. The maximum absolute atomic E-state index is 13.0. The largest absolute Gasteiger partial charge is 0.322 e. The summed E-state index contributed by atoms with van der Waals surface area (Å²) in [6.07, 6.45) is 4.44. The van der Waals surface area contributed by atoms with E-state index in [1.54, 1.807) is 11.3 Å². The van der Waals surface area contributed by atoms with Crippen molar-refractivity contribution < 1.29 is 4.79 Å². The number of hydrogen-bond acceptors (Lipinski definition) is 2. The average molecular weight is 363 g/mol. The van der Waals surface area contributed by atoms with E-state index in [1.165, 1.54) is 22.6 Å². The van der Waals surface area contributed by atoms with Crippen LogP contribution in [0, 0.1) is 13.8 Å². The first-order chi connectivity index (χ1) is 11.6. The topological polar surface area (TPSA) is 32.3 Å². The van der Waals surface area contributed by atoms with Gasteiger partial charge in [0.15, 0.2) is 0 Å². The molecule has 0 unspecified atom stereocenters. The van der Waals surface area contributed by atoms with Crippen LogP contribution >= 0.6 is 22.9 Å². The highest BCUT2D eigenvalue weighted by molar-refractivity contribution is 7.12. The number of nitrogens with zero attached hydrogens (tertiary/aromatic N) is 1. The Morgan fingerprint density at radius 1 is 1.21 bits per heavy atom. The van der Waals surface area contributed by atoms with Gasteiger partial charge in [-0.3, -0.25) is 0 Å². The van der Waals surface area contributed by atoms with Crippen LogP contribution in [0.4, 0.5) is 10.5 Å². The van der Waals surface area contributed by atoms with Gasteiger partial charge in [0.05, 0.1) is 6.04 Å². The fourth-order valence-corrected chi connectivity index (χ4v) is 4.41. The summed E-state index contributed by atoms with van der Waals surface area (Å²) in [6.45, 7) is 4.85. The second-order valence-electron chi connectivity index (χ2n) is 6.35. The van der Waals surface area contributed by atoms with Crippen LogP contribution in [0.15, 0.2) is 30.3 Å². The molecule has 5 heteroatoms. The number of halogens is 1. The van der Waals surface area contributed by atoms with Crippen LogP contribution in [0.25, 0.3) is 0 Å². The van der Waals surface area contributed by atoms with Crippen LogP contribution in [0.2, 0.25) is 5.02 Å². The van der Waals surface area contributed by atoms with Crippen LogP contribution in [0.1, 0.15) is 47.0 Å². The molecule has 0 bridgehead atoms. The van der Waals surface area contributed by atoms with Crippen molar-refractivity contribution >= 4 is 34.7 Å². The van der Waals surface area contributed by atoms with Gasteiger partial charge in [0.25, 0.3) is 0 Å². The summed E-state index contributed by atoms with van der Waals surface area (Å²) in [5.74, 6) is 0. The number of amides is 2. The Labute approximate surface area is 152 Å². The predicted molar refractivity (Wildman–Crippen MR) is 102 cm³/mol. The third-order valence-electron chi connectivity index (χ3n) is 4.61. The van der Waals surface area contributed by atoms with E-state index in [4.69, 9.17) is 11.6 Å². The van der Waals surface area contributed by atoms with Crippen molar-refractivity contribution in [2.24, 2.45) is 0 Å². The number of rotatable bonds is 2. The first-order valence-corrected chi connectivity index (χ1v) is 9.65. The zero-order valence-corrected chi connectivity index (χ0v) is 15.7. The minimum atomic E-state index is -0.0293. The number of hydrogen-bond donors (Lipinski definition) is 1. The number of nitrogens with one attached hydrogen (secondary N) is 1. The van der Waals surface area contributed by atoms with Gasteiger partial charge in [-0.05, 0) is 56.5 Å². The average Bonchev–Trinajstić information content (AvgIpc) is 2.84. The van der Waals surface area contributed by atoms with Gasteiger partial charge in [0.2, 0.25) is 0 Å². The number of likely N-dealkylation sites (tertiary alicyclic amines) is 1. The van der Waals surface area contributed by atoms with Crippen LogP contribution in [0.3, 0.4) is 0 Å². The van der Waals surface area contributed by atoms with E-state index in [1.807, 2.05) is 30.0 Å². The molecular weight excluding hydrogens is 340 g/mol. The summed E-state index contributed by atoms with van der Waals surface area (Å²) in [6, 6.07) is 10.1. The molecule has 2 heterocycles. The van der Waals surface area contributed by atoms with Gasteiger partial charge in [0, 0.05) is 27.0 Å². The van der Waals surface area contributed by atoms with Crippen molar-refractivity contribution in [3.05, 3.63) is 50.7 Å². The fourth-order valence-electron chi connectivity index (χ4n) is 3.21. The molecule has 1 aromatic carbocycles. The highest BCUT2D eigenvalue weighted by atomic mass is 35.5. The molecule has 0 aliphatic carbocycles. The number of thiophene rings is 1. The Kier molecular flexibility index (Phi) is 5.47. The first-order valence-electron chi connectivity index (χ1n) is 8.45. The summed E-state index contributed by atoms with van der Waals surface area (Å²) in [5.41, 5.74) is 1.70. The number of aryl methyl sites for hydroxylation is 1. The Hall–Kier alpha value is -1.52. The third kappa shape index (κ3) is 3.76. The number of anilines is 1. The predicted octanol–water partition coefficient (Wildman–Crippen LogP) is 6.17. The first kappa shape index (κ1) is 17.3. The highest BCUT2D eigenvalue weighted by Crippen LogP contribution is 2.35. The Morgan fingerprint density at radius 2 is 2.04 bits per heavy atom. The molecule has 2 amide bonds. The summed E-state index contributed by atoms with van der Waals surface area (Å²) >= 11 is 7.97. The standard InChI is InChI=1S/C19H23ClN2OS/c1-13-10-11-18(24-13)17-9-4-3-5-12-22(17)19(23)21-16-8-6-7-15(20)14(16)2/h6-8,10-11,17H,3-5,9,12H2,1-2H3,(H,21,23)/t17-/m0/s1. The molecule has 24 heavy (non-hydrogen) atoms. The molecule has 1 aromatic heterocycles. The minimum absolute atomic E-state index is 0.0293. The van der Waals surface area contributed by atoms with E-state index in [9.17, 15) is 4.79 Å². The van der Waals surface area contributed by atoms with Crippen LogP contribution in [-0.4, -0.2) is 17.5 Å². The highest BCUT2D eigenvalue weighted by Gasteiger charge is 2.28. The Bertz CT molecular complexity index is 728. The van der Waals surface area contributed by atoms with E-state index in [2.05, 4.69) is 24.4 Å². The van der Waals surface area contributed by atoms with Crippen molar-refractivity contribution in [3.8, 4) is 0 Å². The second-order valence-corrected chi connectivity index (χ2v) is 8.08. The van der Waals surface area contributed by atoms with Gasteiger partial charge < -0.3 is 10.2 Å². The van der Waals surface area contributed by atoms with Crippen LogP contribution < -0.4 is 5.32 Å². The SMILES string of the molecule is Cc1ccc([C@@H]2CCCCCN2C(=O)Nc2cccc(Cl)c2C)s1. The maximum Gasteiger partial charge on any atom is 0.322 e. The third-order valence-corrected chi connectivity index (χ3v) is 6.12. The molecule has 1 fully saturated rings. The quantitative estimate of drug-likeness (QED) is 0.680. The number of urea groups is 1. The minimum Gasteiger partial charge on any atom is -0.317 e. The van der Waals surface area contributed by atoms with Crippen LogP contribution in [-0.2, 0) is 0 Å². The molecule has 1 N–H and O–H groups in total. The molecular formula is C19H23ClN2OS. The lowest BCUT2D eigenvalue weighted by Gasteiger charge is -2.30. The summed E-state index contributed by atoms with van der Waals surface area (Å²) in [4.78, 5) is 17.5. The Morgan fingerprint density at radius 3 is 2.79 bits per heavy atom. The molecule has 0 spiro atoms. The van der Waals surface area contributed by atoms with E-state index in [-0.39, 0.29) is 12.1 Å². The molecule has 1 aliphatic rings. The van der Waals surface area contributed by atoms with Gasteiger partial charge in [-0.25, -0.2) is 4.79 Å². The molecule has 2 aromatic rings. The number of carbonyl (C=O) groups is 1. The lowest BCUT2D eigenvalue weighted by molar-refractivity contribution is 0.190. The van der Waals surface area contributed by atoms with Crippen molar-refractivity contribution in [1.82, 2.24) is 4.90 Å². The number of benzene rings is 1. The fraction of sp³-hybridized carbons (Fsp3) is 0.421. The van der Waals surface area contributed by atoms with Gasteiger partial charge >= 0.3 is 6.03 Å². The van der Waals surface area contributed by atoms with E-state index in [0.29, 0.717) is 5.02 Å². The maximum atomic E-state index is 13.0. The molecule has 1 atom stereocenters. The molecule has 128 valence electrons. The summed E-state index contributed by atoms with van der Waals surface area (Å²) < 4.78 is 0. The molecule has 3 rings (SSSR count). The van der Waals surface area contributed by atoms with Crippen molar-refractivity contribution in [2.45, 2.75) is 45.6 Å². The Balaban J connectivity index is 1.83. The van der Waals surface area contributed by atoms with Gasteiger partial charge in [-0.1, -0.05) is 30.5 Å². The zero-order chi connectivity index (χ0) is 17.1. The van der Waals surface area contributed by atoms with E-state index < -0.39 is 0 Å². The van der Waals surface area contributed by atoms with Gasteiger partial charge in [-0.15, -0.1) is 11.3 Å². The van der Waals surface area contributed by atoms with E-state index in [0.717, 1.165) is 30.6 Å². The zero-order valence-electron chi connectivity index (χ0n) is 14.1. The van der Waals surface area contributed by atoms with Crippen LogP contribution in [0.5, 0.6) is 0 Å². The van der Waals surface area contributed by atoms with E-state index >= 15 is 0 Å². The van der Waals surface area contributed by atoms with Gasteiger partial charge in [0.1, 0.15) is 0 Å². The summed E-state index contributed by atoms with van der Waals surface area (Å²) in [7, 11) is 0. The molecule has 3 nitrogen and oxygen atoms in total. The molecule has 1 aliphatic heterocycles. The normalized spacial score (nSPS) is 18.3. The van der Waals surface area contributed by atoms with Crippen molar-refractivity contribution in [2.75, 3.05) is 11.9 Å². The lowest BCUT2D eigenvalue weighted by atomic mass is 10.1. The lowest BCUT2D eigenvalue weighted by Crippen LogP contribution is -2.37. The second kappa shape index (κ2) is 7.58. The monoisotopic (exact) mass is 362 g/mol.